The van der Waals surface area contributed by atoms with Gasteiger partial charge in [0.15, 0.2) is 0 Å². The molecule has 0 amide bonds. The van der Waals surface area contributed by atoms with Crippen molar-refractivity contribution in [2.75, 3.05) is 0 Å². The van der Waals surface area contributed by atoms with E-state index in [1.54, 1.807) is 0 Å². The molecule has 8 heteroatoms. The number of nitrogens with zero attached hydrogens (tertiary/aromatic N) is 6. The summed E-state index contributed by atoms with van der Waals surface area (Å²) in [6.07, 6.45) is 7.65. The number of fused-ring (bicyclic) bond motifs is 12. The normalized spacial score (nSPS) is 11.7. The van der Waals surface area contributed by atoms with Gasteiger partial charge in [0.05, 0.1) is 33.7 Å². The topological polar surface area (TPSA) is 69.6 Å². The van der Waals surface area contributed by atoms with Crippen LogP contribution in [0.4, 0.5) is 0 Å². The Morgan fingerprint density at radius 1 is 0.647 bits per heavy atom. The second-order valence-corrected chi connectivity index (χ2v) is 12.8. The van der Waals surface area contributed by atoms with Crippen molar-refractivity contribution in [3.05, 3.63) is 145 Å². The molecule has 0 radical (unpaired) electrons. The number of aromatic nitrogens is 6. The van der Waals surface area contributed by atoms with E-state index in [0.29, 0.717) is 11.5 Å². The fourth-order valence-electron chi connectivity index (χ4n) is 7.55. The molecule has 0 bridgehead atoms. The van der Waals surface area contributed by atoms with Gasteiger partial charge in [-0.3, -0.25) is 15.0 Å². The van der Waals surface area contributed by atoms with E-state index in [1.165, 1.54) is 16.7 Å². The maximum absolute atomic E-state index is 6.53. The van der Waals surface area contributed by atoms with Gasteiger partial charge in [-0.15, -0.1) is 12.1 Å². The summed E-state index contributed by atoms with van der Waals surface area (Å²) in [5.74, 6) is 1.12. The van der Waals surface area contributed by atoms with Gasteiger partial charge in [-0.05, 0) is 61.0 Å². The largest absolute Gasteiger partial charge is 2.00 e. The van der Waals surface area contributed by atoms with Gasteiger partial charge in [0.2, 0.25) is 0 Å². The Labute approximate surface area is 307 Å². The molecule has 0 unspecified atom stereocenters. The van der Waals surface area contributed by atoms with Gasteiger partial charge in [0.1, 0.15) is 5.65 Å². The monoisotopic (exact) mass is 839 g/mol. The van der Waals surface area contributed by atoms with E-state index < -0.39 is 0 Å². The Bertz CT molecular complexity index is 2980. The van der Waals surface area contributed by atoms with Crippen LogP contribution in [0.3, 0.4) is 0 Å². The Kier molecular flexibility index (Phi) is 7.23. The molecule has 0 saturated heterocycles. The first-order valence-corrected chi connectivity index (χ1v) is 16.6. The van der Waals surface area contributed by atoms with E-state index in [0.717, 1.165) is 77.4 Å². The Hall–Kier alpha value is -5.91. The van der Waals surface area contributed by atoms with Crippen LogP contribution in [0.25, 0.3) is 77.4 Å². The van der Waals surface area contributed by atoms with Crippen molar-refractivity contribution >= 4 is 54.9 Å². The number of aryl methyl sites for hydroxylation is 3. The van der Waals surface area contributed by atoms with Gasteiger partial charge in [-0.25, -0.2) is 4.98 Å². The SMILES string of the molecule is Cc1cc(C)c(-c2cn3c(n2)c2[c-]c(Oc4[c-]c5c(cc4)c4ncccc4n4c(-c6ccccc6)cnc54)ccc2c2cccnc23)c(C)c1.[Pt+2]. The zero-order valence-corrected chi connectivity index (χ0v) is 30.1. The van der Waals surface area contributed by atoms with Crippen LogP contribution in [0, 0.1) is 32.9 Å². The maximum Gasteiger partial charge on any atom is 2.00 e. The first-order valence-electron chi connectivity index (χ1n) is 16.6. The average molecular weight is 840 g/mol. The van der Waals surface area contributed by atoms with Crippen molar-refractivity contribution in [1.29, 1.82) is 0 Å². The summed E-state index contributed by atoms with van der Waals surface area (Å²) in [6.45, 7) is 6.41. The van der Waals surface area contributed by atoms with Crippen molar-refractivity contribution in [3.8, 4) is 34.0 Å². The molecule has 7 nitrogen and oxygen atoms in total. The smallest absolute Gasteiger partial charge is 0.497 e. The molecule has 0 fully saturated rings. The number of pyridine rings is 4. The van der Waals surface area contributed by atoms with Gasteiger partial charge in [0.25, 0.3) is 0 Å². The van der Waals surface area contributed by atoms with Gasteiger partial charge < -0.3 is 13.5 Å². The van der Waals surface area contributed by atoms with E-state index in [4.69, 9.17) is 24.7 Å². The number of hydrogen-bond acceptors (Lipinski definition) is 5. The molecule has 10 aromatic rings. The van der Waals surface area contributed by atoms with E-state index >= 15 is 0 Å². The molecule has 246 valence electrons. The number of benzene rings is 4. The van der Waals surface area contributed by atoms with Gasteiger partial charge in [-0.2, -0.15) is 0 Å². The van der Waals surface area contributed by atoms with Gasteiger partial charge in [-0.1, -0.05) is 99.9 Å². The maximum atomic E-state index is 6.53. The van der Waals surface area contributed by atoms with E-state index in [9.17, 15) is 0 Å². The van der Waals surface area contributed by atoms with E-state index in [2.05, 4.69) is 90.4 Å². The van der Waals surface area contributed by atoms with Crippen molar-refractivity contribution in [1.82, 2.24) is 28.7 Å². The standard InChI is InChI=1S/C43H28N6O.Pt/c1-25-19-26(2)39(27(3)20-25)36-24-48-41-33(11-7-18-45-41)31-15-13-29(21-34(31)43(48)47-36)50-30-14-16-32-35(22-30)42-46-23-38(28-9-5-4-6-10-28)49(42)37-12-8-17-44-40(32)37;/h4-20,23-24H,1-3H3;/q-2;+2. The molecule has 6 heterocycles. The number of ether oxygens (including phenoxy) is 1. The minimum Gasteiger partial charge on any atom is -0.497 e. The van der Waals surface area contributed by atoms with E-state index in [-0.39, 0.29) is 21.1 Å². The minimum atomic E-state index is 0. The van der Waals surface area contributed by atoms with Crippen molar-refractivity contribution in [3.63, 3.8) is 0 Å². The molecule has 51 heavy (non-hydrogen) atoms. The van der Waals surface area contributed by atoms with Crippen LogP contribution in [0.15, 0.2) is 116 Å². The number of imidazole rings is 2. The summed E-state index contributed by atoms with van der Waals surface area (Å²) in [5.41, 5.74) is 12.0. The summed E-state index contributed by atoms with van der Waals surface area (Å²) in [7, 11) is 0. The van der Waals surface area contributed by atoms with Gasteiger partial charge in [0, 0.05) is 41.8 Å². The molecule has 0 aliphatic rings. The molecule has 10 rings (SSSR count). The van der Waals surface area contributed by atoms with Crippen molar-refractivity contribution in [2.45, 2.75) is 20.8 Å². The summed E-state index contributed by atoms with van der Waals surface area (Å²) in [6, 6.07) is 37.9. The molecule has 0 N–H and O–H groups in total. The fraction of sp³-hybridized carbons (Fsp3) is 0.0698. The molecule has 0 aliphatic heterocycles. The molecule has 0 spiro atoms. The van der Waals surface area contributed by atoms with Crippen LogP contribution < -0.4 is 4.74 Å². The van der Waals surface area contributed by atoms with Crippen LogP contribution in [0.2, 0.25) is 0 Å². The first-order chi connectivity index (χ1) is 24.5. The molecule has 0 saturated carbocycles. The molecule has 0 atom stereocenters. The van der Waals surface area contributed by atoms with Crippen LogP contribution in [-0.2, 0) is 21.1 Å². The average Bonchev–Trinajstić information content (AvgIpc) is 3.78. The third-order valence-corrected chi connectivity index (χ3v) is 9.56. The summed E-state index contributed by atoms with van der Waals surface area (Å²) >= 11 is 0. The fourth-order valence-corrected chi connectivity index (χ4v) is 7.55. The predicted molar refractivity (Wildman–Crippen MR) is 199 cm³/mol. The van der Waals surface area contributed by atoms with Gasteiger partial charge >= 0.3 is 21.1 Å². The van der Waals surface area contributed by atoms with Crippen LogP contribution >= 0.6 is 0 Å². The second kappa shape index (κ2) is 11.9. The summed E-state index contributed by atoms with van der Waals surface area (Å²) in [5, 5.41) is 4.68. The second-order valence-electron chi connectivity index (χ2n) is 12.8. The van der Waals surface area contributed by atoms with Crippen LogP contribution in [0.1, 0.15) is 16.7 Å². The van der Waals surface area contributed by atoms with Crippen molar-refractivity contribution < 1.29 is 25.8 Å². The van der Waals surface area contributed by atoms with Crippen LogP contribution in [0.5, 0.6) is 11.5 Å². The summed E-state index contributed by atoms with van der Waals surface area (Å²) in [4.78, 5) is 19.7. The zero-order valence-electron chi connectivity index (χ0n) is 27.9. The molecule has 0 aliphatic carbocycles. The third kappa shape index (κ3) is 4.84. The summed E-state index contributed by atoms with van der Waals surface area (Å²) < 4.78 is 10.8. The van der Waals surface area contributed by atoms with Crippen molar-refractivity contribution in [2.24, 2.45) is 0 Å². The Balaban J connectivity index is 0.00000348. The predicted octanol–water partition coefficient (Wildman–Crippen LogP) is 10.0. The Morgan fingerprint density at radius 3 is 2.14 bits per heavy atom. The third-order valence-electron chi connectivity index (χ3n) is 9.56. The quantitative estimate of drug-likeness (QED) is 0.130. The zero-order chi connectivity index (χ0) is 33.5. The van der Waals surface area contributed by atoms with Crippen LogP contribution in [-0.4, -0.2) is 28.7 Å². The number of hydrogen-bond donors (Lipinski definition) is 0. The molecular weight excluding hydrogens is 812 g/mol. The first kappa shape index (κ1) is 31.1. The molecule has 4 aromatic carbocycles. The molecule has 6 aromatic heterocycles. The minimum absolute atomic E-state index is 0. The molecular formula is C43H28N6OPt. The Morgan fingerprint density at radius 2 is 1.35 bits per heavy atom. The number of rotatable bonds is 4. The van der Waals surface area contributed by atoms with E-state index in [1.807, 2.05) is 67.1 Å².